The first-order valence-electron chi connectivity index (χ1n) is 7.26. The van der Waals surface area contributed by atoms with E-state index in [-0.39, 0.29) is 17.6 Å². The maximum absolute atomic E-state index is 13.4. The highest BCUT2D eigenvalue weighted by atomic mass is 19.1. The summed E-state index contributed by atoms with van der Waals surface area (Å²) in [5, 5.41) is 0. The van der Waals surface area contributed by atoms with Gasteiger partial charge in [-0.3, -0.25) is 11.3 Å². The Morgan fingerprint density at radius 2 is 2.00 bits per heavy atom. The van der Waals surface area contributed by atoms with Crippen LogP contribution < -0.4 is 11.3 Å². The van der Waals surface area contributed by atoms with Crippen LogP contribution in [0.25, 0.3) is 0 Å². The van der Waals surface area contributed by atoms with Crippen molar-refractivity contribution in [3.63, 3.8) is 0 Å². The monoisotopic (exact) mass is 298 g/mol. The number of nitrogens with two attached hydrogens (primary N) is 1. The Morgan fingerprint density at radius 3 is 2.62 bits per heavy atom. The van der Waals surface area contributed by atoms with Crippen molar-refractivity contribution in [2.75, 3.05) is 19.8 Å². The van der Waals surface area contributed by atoms with Gasteiger partial charge in [-0.15, -0.1) is 0 Å². The van der Waals surface area contributed by atoms with E-state index >= 15 is 0 Å². The van der Waals surface area contributed by atoms with Gasteiger partial charge in [0.15, 0.2) is 0 Å². The van der Waals surface area contributed by atoms with E-state index in [4.69, 9.17) is 15.3 Å². The van der Waals surface area contributed by atoms with Gasteiger partial charge in [0, 0.05) is 31.7 Å². The Labute approximate surface area is 122 Å². The number of benzene rings is 1. The predicted octanol–water partition coefficient (Wildman–Crippen LogP) is 2.05. The number of nitrogens with one attached hydrogen (secondary N) is 1. The SMILES string of the molecule is NNC(c1cc(F)cc(F)c1)C1CCOC2(CCOC2)C1. The van der Waals surface area contributed by atoms with Gasteiger partial charge in [-0.2, -0.15) is 0 Å². The minimum atomic E-state index is -0.587. The summed E-state index contributed by atoms with van der Waals surface area (Å²) in [5.74, 6) is 4.64. The van der Waals surface area contributed by atoms with Gasteiger partial charge in [-0.25, -0.2) is 8.78 Å². The van der Waals surface area contributed by atoms with E-state index in [0.717, 1.165) is 25.3 Å². The summed E-state index contributed by atoms with van der Waals surface area (Å²) in [6, 6.07) is 3.24. The molecule has 1 aromatic carbocycles. The Morgan fingerprint density at radius 1 is 1.24 bits per heavy atom. The number of halogens is 2. The molecule has 21 heavy (non-hydrogen) atoms. The lowest BCUT2D eigenvalue weighted by Crippen LogP contribution is -2.45. The van der Waals surface area contributed by atoms with Gasteiger partial charge >= 0.3 is 0 Å². The molecular weight excluding hydrogens is 278 g/mol. The third kappa shape index (κ3) is 3.08. The average Bonchev–Trinajstić information content (AvgIpc) is 2.86. The molecule has 2 fully saturated rings. The molecule has 0 aromatic heterocycles. The van der Waals surface area contributed by atoms with Crippen LogP contribution in [0.2, 0.25) is 0 Å². The third-order valence-electron chi connectivity index (χ3n) is 4.49. The van der Waals surface area contributed by atoms with Crippen LogP contribution in [-0.4, -0.2) is 25.4 Å². The van der Waals surface area contributed by atoms with Crippen molar-refractivity contribution in [3.8, 4) is 0 Å². The molecule has 0 amide bonds. The molecule has 0 bridgehead atoms. The van der Waals surface area contributed by atoms with Gasteiger partial charge < -0.3 is 9.47 Å². The molecular formula is C15H20F2N2O2. The van der Waals surface area contributed by atoms with Gasteiger partial charge in [0.2, 0.25) is 0 Å². The number of hydrogen-bond donors (Lipinski definition) is 2. The van der Waals surface area contributed by atoms with Gasteiger partial charge in [-0.1, -0.05) is 0 Å². The largest absolute Gasteiger partial charge is 0.378 e. The molecule has 2 saturated heterocycles. The summed E-state index contributed by atoms with van der Waals surface area (Å²) < 4.78 is 38.2. The van der Waals surface area contributed by atoms with Crippen molar-refractivity contribution >= 4 is 0 Å². The zero-order chi connectivity index (χ0) is 14.9. The first kappa shape index (κ1) is 14.8. The third-order valence-corrected chi connectivity index (χ3v) is 4.49. The van der Waals surface area contributed by atoms with Crippen molar-refractivity contribution in [1.82, 2.24) is 5.43 Å². The van der Waals surface area contributed by atoms with Crippen LogP contribution in [0.1, 0.15) is 30.9 Å². The molecule has 0 radical (unpaired) electrons. The normalized spacial score (nSPS) is 30.7. The fourth-order valence-corrected chi connectivity index (χ4v) is 3.47. The van der Waals surface area contributed by atoms with Crippen molar-refractivity contribution in [2.24, 2.45) is 11.8 Å². The molecule has 4 nitrogen and oxygen atoms in total. The highest BCUT2D eigenvalue weighted by Gasteiger charge is 2.43. The second-order valence-electron chi connectivity index (χ2n) is 5.93. The first-order chi connectivity index (χ1) is 10.1. The zero-order valence-electron chi connectivity index (χ0n) is 11.8. The lowest BCUT2D eigenvalue weighted by Gasteiger charge is -2.40. The molecule has 0 aliphatic carbocycles. The lowest BCUT2D eigenvalue weighted by molar-refractivity contribution is -0.103. The van der Waals surface area contributed by atoms with Crippen molar-refractivity contribution in [1.29, 1.82) is 0 Å². The topological polar surface area (TPSA) is 56.5 Å². The van der Waals surface area contributed by atoms with E-state index < -0.39 is 11.6 Å². The molecule has 3 unspecified atom stereocenters. The average molecular weight is 298 g/mol. The van der Waals surface area contributed by atoms with Crippen LogP contribution in [-0.2, 0) is 9.47 Å². The van der Waals surface area contributed by atoms with E-state index in [9.17, 15) is 8.78 Å². The fraction of sp³-hybridized carbons (Fsp3) is 0.600. The Kier molecular flexibility index (Phi) is 4.21. The summed E-state index contributed by atoms with van der Waals surface area (Å²) in [4.78, 5) is 0. The summed E-state index contributed by atoms with van der Waals surface area (Å²) in [6.07, 6.45) is 2.44. The minimum absolute atomic E-state index is 0.159. The smallest absolute Gasteiger partial charge is 0.126 e. The van der Waals surface area contributed by atoms with E-state index in [1.165, 1.54) is 12.1 Å². The molecule has 0 saturated carbocycles. The van der Waals surface area contributed by atoms with Crippen molar-refractivity contribution < 1.29 is 18.3 Å². The number of ether oxygens (including phenoxy) is 2. The Bertz CT molecular complexity index is 486. The summed E-state index contributed by atoms with van der Waals surface area (Å²) in [5.41, 5.74) is 3.00. The fourth-order valence-electron chi connectivity index (χ4n) is 3.47. The Hall–Kier alpha value is -1.08. The van der Waals surface area contributed by atoms with Gasteiger partial charge in [0.1, 0.15) is 11.6 Å². The molecule has 3 rings (SSSR count). The highest BCUT2D eigenvalue weighted by molar-refractivity contribution is 5.22. The lowest BCUT2D eigenvalue weighted by atomic mass is 9.79. The predicted molar refractivity (Wildman–Crippen MR) is 73.3 cm³/mol. The van der Waals surface area contributed by atoms with Crippen LogP contribution in [0, 0.1) is 17.6 Å². The second kappa shape index (κ2) is 5.96. The number of rotatable bonds is 3. The molecule has 1 spiro atoms. The summed E-state index contributed by atoms with van der Waals surface area (Å²) >= 11 is 0. The van der Waals surface area contributed by atoms with Crippen LogP contribution in [0.15, 0.2) is 18.2 Å². The van der Waals surface area contributed by atoms with Crippen LogP contribution >= 0.6 is 0 Å². The quantitative estimate of drug-likeness (QED) is 0.662. The van der Waals surface area contributed by atoms with Gasteiger partial charge in [-0.05, 0) is 36.5 Å². The minimum Gasteiger partial charge on any atom is -0.378 e. The van der Waals surface area contributed by atoms with E-state index in [0.29, 0.717) is 25.4 Å². The number of hydrogen-bond acceptors (Lipinski definition) is 4. The molecule has 3 atom stereocenters. The molecule has 2 heterocycles. The van der Waals surface area contributed by atoms with Crippen LogP contribution in [0.5, 0.6) is 0 Å². The van der Waals surface area contributed by atoms with Crippen LogP contribution in [0.3, 0.4) is 0 Å². The van der Waals surface area contributed by atoms with E-state index in [1.807, 2.05) is 0 Å². The van der Waals surface area contributed by atoms with E-state index in [1.54, 1.807) is 0 Å². The maximum atomic E-state index is 13.4. The number of hydrazine groups is 1. The maximum Gasteiger partial charge on any atom is 0.126 e. The van der Waals surface area contributed by atoms with Crippen molar-refractivity contribution in [3.05, 3.63) is 35.4 Å². The zero-order valence-corrected chi connectivity index (χ0v) is 11.8. The standard InChI is InChI=1S/C15H20F2N2O2/c16-12-5-11(6-13(17)7-12)14(19-18)10-1-3-21-15(8-10)2-4-20-9-15/h5-7,10,14,19H,1-4,8-9,18H2. The highest BCUT2D eigenvalue weighted by Crippen LogP contribution is 2.40. The molecule has 3 N–H and O–H groups in total. The molecule has 116 valence electrons. The second-order valence-corrected chi connectivity index (χ2v) is 5.93. The molecule has 2 aliphatic rings. The van der Waals surface area contributed by atoms with Crippen molar-refractivity contribution in [2.45, 2.75) is 30.9 Å². The van der Waals surface area contributed by atoms with Gasteiger partial charge in [0.05, 0.1) is 12.2 Å². The van der Waals surface area contributed by atoms with Crippen LogP contribution in [0.4, 0.5) is 8.78 Å². The van der Waals surface area contributed by atoms with Gasteiger partial charge in [0.25, 0.3) is 0 Å². The summed E-state index contributed by atoms with van der Waals surface area (Å²) in [7, 11) is 0. The van der Waals surface area contributed by atoms with E-state index in [2.05, 4.69) is 5.43 Å². The molecule has 1 aromatic rings. The molecule has 6 heteroatoms. The first-order valence-corrected chi connectivity index (χ1v) is 7.26. The molecule has 2 aliphatic heterocycles. The summed E-state index contributed by atoms with van der Waals surface area (Å²) in [6.45, 7) is 1.89. The Balaban J connectivity index is 1.82.